The SMILES string of the molecule is COc1ccccc1[P+](c1ccccc1)(c1ccccc1)c1ccccc1. The Balaban J connectivity index is 2.17. The summed E-state index contributed by atoms with van der Waals surface area (Å²) in [7, 11) is -0.326. The van der Waals surface area contributed by atoms with Crippen LogP contribution < -0.4 is 26.0 Å². The van der Waals surface area contributed by atoms with Gasteiger partial charge in [0.15, 0.2) is 11.1 Å². The molecule has 0 radical (unpaired) electrons. The second kappa shape index (κ2) is 7.78. The summed E-state index contributed by atoms with van der Waals surface area (Å²) in [4.78, 5) is 0. The zero-order chi connectivity index (χ0) is 18.5. The fourth-order valence-electron chi connectivity index (χ4n) is 3.73. The molecule has 1 nitrogen and oxygen atoms in total. The fraction of sp³-hybridized carbons (Fsp3) is 0.0400. The minimum Gasteiger partial charge on any atom is -0.493 e. The summed E-state index contributed by atoms with van der Waals surface area (Å²) in [6.45, 7) is 0. The normalized spacial score (nSPS) is 11.1. The predicted molar refractivity (Wildman–Crippen MR) is 118 cm³/mol. The average molecular weight is 369 g/mol. The van der Waals surface area contributed by atoms with E-state index in [-0.39, 0.29) is 0 Å². The number of hydrogen-bond acceptors (Lipinski definition) is 1. The van der Waals surface area contributed by atoms with Gasteiger partial charge in [-0.3, -0.25) is 0 Å². The number of rotatable bonds is 5. The monoisotopic (exact) mass is 369 g/mol. The number of hydrogen-bond donors (Lipinski definition) is 0. The summed E-state index contributed by atoms with van der Waals surface area (Å²) < 4.78 is 5.84. The molecule has 0 atom stereocenters. The highest BCUT2D eigenvalue weighted by molar-refractivity contribution is 8.01. The van der Waals surface area contributed by atoms with E-state index in [1.165, 1.54) is 21.2 Å². The maximum absolute atomic E-state index is 5.84. The number of benzene rings is 4. The molecule has 0 heterocycles. The van der Waals surface area contributed by atoms with Crippen LogP contribution in [0.4, 0.5) is 0 Å². The highest BCUT2D eigenvalue weighted by Gasteiger charge is 2.49. The van der Waals surface area contributed by atoms with Gasteiger partial charge in [-0.25, -0.2) is 0 Å². The summed E-state index contributed by atoms with van der Waals surface area (Å²) in [6, 6.07) is 41.0. The summed E-state index contributed by atoms with van der Waals surface area (Å²) in [5.74, 6) is 0.933. The van der Waals surface area contributed by atoms with Crippen molar-refractivity contribution in [3.63, 3.8) is 0 Å². The van der Waals surface area contributed by atoms with E-state index in [0.29, 0.717) is 0 Å². The van der Waals surface area contributed by atoms with Gasteiger partial charge < -0.3 is 4.74 Å². The van der Waals surface area contributed by atoms with Crippen LogP contribution in [0.25, 0.3) is 0 Å². The van der Waals surface area contributed by atoms with Crippen molar-refractivity contribution in [2.24, 2.45) is 0 Å². The summed E-state index contributed by atoms with van der Waals surface area (Å²) in [5.41, 5.74) is 0. The van der Waals surface area contributed by atoms with Gasteiger partial charge in [-0.05, 0) is 48.5 Å². The van der Waals surface area contributed by atoms with E-state index in [0.717, 1.165) is 5.75 Å². The van der Waals surface area contributed by atoms with E-state index in [1.54, 1.807) is 7.11 Å². The van der Waals surface area contributed by atoms with Crippen LogP contribution in [0.3, 0.4) is 0 Å². The van der Waals surface area contributed by atoms with Crippen LogP contribution in [-0.2, 0) is 0 Å². The second-order valence-corrected chi connectivity index (χ2v) is 9.72. The second-order valence-electron chi connectivity index (χ2n) is 6.35. The molecule has 4 aromatic rings. The number of ether oxygens (including phenoxy) is 1. The maximum atomic E-state index is 5.84. The van der Waals surface area contributed by atoms with E-state index in [2.05, 4.69) is 109 Å². The van der Waals surface area contributed by atoms with Crippen LogP contribution in [0.5, 0.6) is 5.75 Å². The van der Waals surface area contributed by atoms with Crippen LogP contribution in [0.15, 0.2) is 115 Å². The lowest BCUT2D eigenvalue weighted by molar-refractivity contribution is 0.418. The first kappa shape index (κ1) is 17.5. The third-order valence-corrected chi connectivity index (χ3v) is 9.19. The van der Waals surface area contributed by atoms with Gasteiger partial charge in [-0.1, -0.05) is 66.7 Å². The fourth-order valence-corrected chi connectivity index (χ4v) is 8.12. The lowest BCUT2D eigenvalue weighted by Crippen LogP contribution is -2.39. The van der Waals surface area contributed by atoms with Crippen LogP contribution in [0.2, 0.25) is 0 Å². The molecule has 2 heteroatoms. The highest BCUT2D eigenvalue weighted by Crippen LogP contribution is 2.55. The van der Waals surface area contributed by atoms with Gasteiger partial charge in [-0.15, -0.1) is 0 Å². The molecule has 0 saturated carbocycles. The molecular formula is C25H22OP+. The van der Waals surface area contributed by atoms with Gasteiger partial charge in [0.2, 0.25) is 0 Å². The first-order chi connectivity index (χ1) is 13.4. The molecule has 0 spiro atoms. The molecule has 0 aliphatic carbocycles. The van der Waals surface area contributed by atoms with Crippen LogP contribution in [0, 0.1) is 0 Å². The van der Waals surface area contributed by atoms with E-state index in [4.69, 9.17) is 4.74 Å². The first-order valence-electron chi connectivity index (χ1n) is 9.07. The van der Waals surface area contributed by atoms with E-state index in [1.807, 2.05) is 6.07 Å². The molecule has 4 aromatic carbocycles. The third kappa shape index (κ3) is 3.05. The average Bonchev–Trinajstić information content (AvgIpc) is 2.77. The molecule has 0 aliphatic rings. The van der Waals surface area contributed by atoms with Crippen LogP contribution >= 0.6 is 7.26 Å². The lowest BCUT2D eigenvalue weighted by Gasteiger charge is -2.28. The Hall–Kier alpha value is -2.89. The van der Waals surface area contributed by atoms with Gasteiger partial charge in [0, 0.05) is 0 Å². The quantitative estimate of drug-likeness (QED) is 0.476. The molecule has 0 aromatic heterocycles. The van der Waals surface area contributed by atoms with Crippen LogP contribution in [0.1, 0.15) is 0 Å². The van der Waals surface area contributed by atoms with E-state index in [9.17, 15) is 0 Å². The zero-order valence-electron chi connectivity index (χ0n) is 15.3. The van der Waals surface area contributed by atoms with Gasteiger partial charge in [0.05, 0.1) is 7.11 Å². The smallest absolute Gasteiger partial charge is 0.162 e. The standard InChI is InChI=1S/C25H22OP/c1-26-24-19-11-12-20-25(24)27(21-13-5-2-6-14-21,22-15-7-3-8-16-22)23-17-9-4-10-18-23/h2-20H,1H3/q+1. The van der Waals surface area contributed by atoms with Gasteiger partial charge >= 0.3 is 0 Å². The van der Waals surface area contributed by atoms with Crippen molar-refractivity contribution in [3.8, 4) is 5.75 Å². The predicted octanol–water partition coefficient (Wildman–Crippen LogP) is 4.31. The summed E-state index contributed by atoms with van der Waals surface area (Å²) >= 11 is 0. The molecule has 0 aliphatic heterocycles. The number of methoxy groups -OCH3 is 1. The Kier molecular flexibility index (Phi) is 5.05. The molecule has 4 rings (SSSR count). The molecule has 0 unspecified atom stereocenters. The van der Waals surface area contributed by atoms with Crippen molar-refractivity contribution in [1.29, 1.82) is 0 Å². The van der Waals surface area contributed by atoms with Crippen molar-refractivity contribution < 1.29 is 4.74 Å². The topological polar surface area (TPSA) is 9.23 Å². The van der Waals surface area contributed by atoms with Crippen molar-refractivity contribution >= 4 is 28.5 Å². The van der Waals surface area contributed by atoms with Crippen LogP contribution in [-0.4, -0.2) is 7.11 Å². The Morgan fingerprint density at radius 2 is 0.852 bits per heavy atom. The first-order valence-corrected chi connectivity index (χ1v) is 10.9. The molecule has 27 heavy (non-hydrogen) atoms. The minimum atomic E-state index is -2.08. The van der Waals surface area contributed by atoms with E-state index >= 15 is 0 Å². The van der Waals surface area contributed by atoms with Gasteiger partial charge in [0.25, 0.3) is 0 Å². The third-order valence-electron chi connectivity index (χ3n) is 4.88. The Morgan fingerprint density at radius 1 is 0.481 bits per heavy atom. The Morgan fingerprint density at radius 3 is 1.26 bits per heavy atom. The lowest BCUT2D eigenvalue weighted by atomic mass is 10.3. The molecule has 0 saturated heterocycles. The molecule has 0 fully saturated rings. The number of para-hydroxylation sites is 1. The zero-order valence-corrected chi connectivity index (χ0v) is 16.2. The Labute approximate surface area is 161 Å². The van der Waals surface area contributed by atoms with Crippen molar-refractivity contribution in [2.75, 3.05) is 7.11 Å². The van der Waals surface area contributed by atoms with E-state index < -0.39 is 7.26 Å². The molecule has 0 amide bonds. The summed E-state index contributed by atoms with van der Waals surface area (Å²) in [6.07, 6.45) is 0. The van der Waals surface area contributed by atoms with Gasteiger partial charge in [0.1, 0.15) is 23.2 Å². The Bertz CT molecular complexity index is 901. The maximum Gasteiger partial charge on any atom is 0.162 e. The molecular weight excluding hydrogens is 347 g/mol. The van der Waals surface area contributed by atoms with Crippen molar-refractivity contribution in [3.05, 3.63) is 115 Å². The summed E-state index contributed by atoms with van der Waals surface area (Å²) in [5, 5.41) is 5.22. The molecule has 0 N–H and O–H groups in total. The largest absolute Gasteiger partial charge is 0.493 e. The minimum absolute atomic E-state index is 0.933. The highest BCUT2D eigenvalue weighted by atomic mass is 31.2. The van der Waals surface area contributed by atoms with Crippen molar-refractivity contribution in [1.82, 2.24) is 0 Å². The van der Waals surface area contributed by atoms with Crippen molar-refractivity contribution in [2.45, 2.75) is 0 Å². The molecule has 132 valence electrons. The van der Waals surface area contributed by atoms with Gasteiger partial charge in [-0.2, -0.15) is 0 Å². The molecule has 0 bridgehead atoms.